The molecule has 0 spiro atoms. The van der Waals surface area contributed by atoms with Crippen LogP contribution in [0.1, 0.15) is 44.7 Å². The Morgan fingerprint density at radius 3 is 2.53 bits per heavy atom. The van der Waals surface area contributed by atoms with Crippen LogP contribution < -0.4 is 5.32 Å². The molecule has 1 N–H and O–H groups in total. The second kappa shape index (κ2) is 8.49. The third-order valence-electron chi connectivity index (χ3n) is 3.64. The molecule has 2 nitrogen and oxygen atoms in total. The fraction of sp³-hybridized carbons (Fsp3) is 0.625. The first-order valence-corrected chi connectivity index (χ1v) is 8.63. The summed E-state index contributed by atoms with van der Waals surface area (Å²) >= 11 is 0. The van der Waals surface area contributed by atoms with Crippen LogP contribution in [0.4, 0.5) is 0 Å². The number of hydrogen-bond acceptors (Lipinski definition) is 2. The maximum absolute atomic E-state index is 12.5. The van der Waals surface area contributed by atoms with Crippen molar-refractivity contribution in [1.29, 1.82) is 0 Å². The molecule has 19 heavy (non-hydrogen) atoms. The minimum absolute atomic E-state index is 0.191. The molecule has 3 unspecified atom stereocenters. The lowest BCUT2D eigenvalue weighted by molar-refractivity contribution is 0.486. The van der Waals surface area contributed by atoms with Crippen molar-refractivity contribution in [3.8, 4) is 0 Å². The molecule has 0 radical (unpaired) electrons. The Labute approximate surface area is 120 Å². The smallest absolute Gasteiger partial charge is 0.0491 e. The van der Waals surface area contributed by atoms with Crippen LogP contribution in [0.5, 0.6) is 0 Å². The van der Waals surface area contributed by atoms with Crippen molar-refractivity contribution >= 4 is 10.8 Å². The first-order valence-electron chi connectivity index (χ1n) is 7.25. The number of nitrogens with one attached hydrogen (secondary N) is 1. The van der Waals surface area contributed by atoms with E-state index < -0.39 is 10.8 Å². The van der Waals surface area contributed by atoms with Crippen molar-refractivity contribution in [3.63, 3.8) is 0 Å². The van der Waals surface area contributed by atoms with Gasteiger partial charge in [-0.1, -0.05) is 38.1 Å². The average Bonchev–Trinajstić information content (AvgIpc) is 2.42. The minimum Gasteiger partial charge on any atom is -0.313 e. The van der Waals surface area contributed by atoms with E-state index in [1.807, 2.05) is 12.1 Å². The van der Waals surface area contributed by atoms with Gasteiger partial charge in [0.1, 0.15) is 0 Å². The van der Waals surface area contributed by atoms with Gasteiger partial charge in [-0.3, -0.25) is 4.21 Å². The molecule has 1 aromatic rings. The van der Waals surface area contributed by atoms with Gasteiger partial charge in [-0.15, -0.1) is 0 Å². The molecule has 0 amide bonds. The highest BCUT2D eigenvalue weighted by molar-refractivity contribution is 7.84. The summed E-state index contributed by atoms with van der Waals surface area (Å²) in [6, 6.07) is 8.58. The van der Waals surface area contributed by atoms with Crippen LogP contribution in [0.25, 0.3) is 0 Å². The number of rotatable bonds is 8. The number of hydrogen-bond donors (Lipinski definition) is 1. The highest BCUT2D eigenvalue weighted by atomic mass is 32.2. The lowest BCUT2D eigenvalue weighted by Crippen LogP contribution is -2.40. The molecule has 0 heterocycles. The number of aryl methyl sites for hydroxylation is 1. The summed E-state index contributed by atoms with van der Waals surface area (Å²) in [5, 5.41) is 3.70. The van der Waals surface area contributed by atoms with Crippen LogP contribution in [-0.4, -0.2) is 22.0 Å². The minimum atomic E-state index is -0.822. The summed E-state index contributed by atoms with van der Waals surface area (Å²) in [6.45, 7) is 9.52. The molecular weight excluding hydrogens is 254 g/mol. The van der Waals surface area contributed by atoms with Gasteiger partial charge in [-0.05, 0) is 44.4 Å². The topological polar surface area (TPSA) is 29.1 Å². The standard InChI is InChI=1S/C16H27NOS/c1-5-11-17-16(6-2)14(4)19(18)12-15-10-8-7-9-13(15)3/h7-10,14,16-17H,5-6,11-12H2,1-4H3. The maximum Gasteiger partial charge on any atom is 0.0491 e. The van der Waals surface area contributed by atoms with Crippen molar-refractivity contribution in [2.75, 3.05) is 6.54 Å². The molecule has 108 valence electrons. The van der Waals surface area contributed by atoms with E-state index >= 15 is 0 Å². The third-order valence-corrected chi connectivity index (χ3v) is 5.39. The van der Waals surface area contributed by atoms with E-state index in [-0.39, 0.29) is 5.25 Å². The molecule has 0 aromatic heterocycles. The Balaban J connectivity index is 2.63. The van der Waals surface area contributed by atoms with E-state index in [0.29, 0.717) is 11.8 Å². The highest BCUT2D eigenvalue weighted by Crippen LogP contribution is 2.15. The van der Waals surface area contributed by atoms with E-state index in [1.54, 1.807) is 0 Å². The Kier molecular flexibility index (Phi) is 7.32. The third kappa shape index (κ3) is 5.07. The molecule has 0 saturated carbocycles. The Morgan fingerprint density at radius 2 is 1.95 bits per heavy atom. The summed E-state index contributed by atoms with van der Waals surface area (Å²) in [4.78, 5) is 0. The van der Waals surface area contributed by atoms with Gasteiger partial charge in [0.2, 0.25) is 0 Å². The van der Waals surface area contributed by atoms with Gasteiger partial charge in [0.25, 0.3) is 0 Å². The molecule has 3 heteroatoms. The second-order valence-electron chi connectivity index (χ2n) is 5.13. The van der Waals surface area contributed by atoms with Crippen LogP contribution in [-0.2, 0) is 16.6 Å². The average molecular weight is 281 g/mol. The molecule has 0 aliphatic rings. The van der Waals surface area contributed by atoms with Crippen LogP contribution in [0.15, 0.2) is 24.3 Å². The van der Waals surface area contributed by atoms with Crippen molar-refractivity contribution in [3.05, 3.63) is 35.4 Å². The van der Waals surface area contributed by atoms with Gasteiger partial charge in [-0.25, -0.2) is 0 Å². The van der Waals surface area contributed by atoms with Gasteiger partial charge in [0, 0.05) is 27.8 Å². The number of benzene rings is 1. The van der Waals surface area contributed by atoms with Gasteiger partial charge in [0.15, 0.2) is 0 Å². The Morgan fingerprint density at radius 1 is 1.26 bits per heavy atom. The summed E-state index contributed by atoms with van der Waals surface area (Å²) in [7, 11) is -0.822. The van der Waals surface area contributed by atoms with E-state index in [0.717, 1.165) is 19.4 Å². The van der Waals surface area contributed by atoms with Crippen LogP contribution in [0.3, 0.4) is 0 Å². The maximum atomic E-state index is 12.5. The van der Waals surface area contributed by atoms with Gasteiger partial charge >= 0.3 is 0 Å². The second-order valence-corrected chi connectivity index (χ2v) is 6.92. The molecule has 0 aliphatic carbocycles. The zero-order valence-corrected chi connectivity index (χ0v) is 13.4. The van der Waals surface area contributed by atoms with Gasteiger partial charge < -0.3 is 5.32 Å². The van der Waals surface area contributed by atoms with Crippen molar-refractivity contribution < 1.29 is 4.21 Å². The fourth-order valence-electron chi connectivity index (χ4n) is 2.21. The molecule has 1 rings (SSSR count). The molecule has 1 aromatic carbocycles. The van der Waals surface area contributed by atoms with Gasteiger partial charge in [-0.2, -0.15) is 0 Å². The lowest BCUT2D eigenvalue weighted by Gasteiger charge is -2.23. The molecule has 0 fully saturated rings. The molecular formula is C16H27NOS. The predicted octanol–water partition coefficient (Wildman–Crippen LogP) is 3.41. The van der Waals surface area contributed by atoms with E-state index in [9.17, 15) is 4.21 Å². The Hall–Kier alpha value is -0.670. The monoisotopic (exact) mass is 281 g/mol. The summed E-state index contributed by atoms with van der Waals surface area (Å²) in [6.07, 6.45) is 2.15. The van der Waals surface area contributed by atoms with Crippen molar-refractivity contribution in [2.45, 2.75) is 57.6 Å². The van der Waals surface area contributed by atoms with Crippen molar-refractivity contribution in [1.82, 2.24) is 5.32 Å². The molecule has 0 aliphatic heterocycles. The Bertz CT molecular complexity index is 405. The molecule has 3 atom stereocenters. The summed E-state index contributed by atoms with van der Waals surface area (Å²) in [5.41, 5.74) is 2.44. The summed E-state index contributed by atoms with van der Waals surface area (Å²) < 4.78 is 12.5. The first-order chi connectivity index (χ1) is 9.10. The fourth-order valence-corrected chi connectivity index (χ4v) is 3.76. The van der Waals surface area contributed by atoms with Crippen molar-refractivity contribution in [2.24, 2.45) is 0 Å². The normalized spacial score (nSPS) is 16.0. The first kappa shape index (κ1) is 16.4. The zero-order chi connectivity index (χ0) is 14.3. The van der Waals surface area contributed by atoms with Crippen LogP contribution in [0.2, 0.25) is 0 Å². The van der Waals surface area contributed by atoms with Crippen LogP contribution >= 0.6 is 0 Å². The molecule has 0 bridgehead atoms. The largest absolute Gasteiger partial charge is 0.313 e. The van der Waals surface area contributed by atoms with E-state index in [4.69, 9.17) is 0 Å². The van der Waals surface area contributed by atoms with E-state index in [2.05, 4.69) is 45.1 Å². The zero-order valence-electron chi connectivity index (χ0n) is 12.6. The lowest BCUT2D eigenvalue weighted by atomic mass is 10.1. The highest BCUT2D eigenvalue weighted by Gasteiger charge is 2.21. The molecule has 0 saturated heterocycles. The van der Waals surface area contributed by atoms with Gasteiger partial charge in [0.05, 0.1) is 0 Å². The summed E-state index contributed by atoms with van der Waals surface area (Å²) in [5.74, 6) is 0.665. The van der Waals surface area contributed by atoms with Crippen LogP contribution in [0, 0.1) is 6.92 Å². The van der Waals surface area contributed by atoms with E-state index in [1.165, 1.54) is 11.1 Å². The SMILES string of the molecule is CCCNC(CC)C(C)S(=O)Cc1ccccc1C. The predicted molar refractivity (Wildman–Crippen MR) is 84.9 cm³/mol. The quantitative estimate of drug-likeness (QED) is 0.791.